The minimum atomic E-state index is -3.35. The lowest BCUT2D eigenvalue weighted by Crippen LogP contribution is -2.44. The smallest absolute Gasteiger partial charge is 0.243 e. The van der Waals surface area contributed by atoms with Gasteiger partial charge in [-0.3, -0.25) is 0 Å². The van der Waals surface area contributed by atoms with Gasteiger partial charge in [0, 0.05) is 19.5 Å². The summed E-state index contributed by atoms with van der Waals surface area (Å²) in [6.07, 6.45) is 6.11. The van der Waals surface area contributed by atoms with E-state index in [0.717, 1.165) is 37.7 Å². The first-order valence-corrected chi connectivity index (χ1v) is 10.6. The highest BCUT2D eigenvalue weighted by Gasteiger charge is 2.38. The van der Waals surface area contributed by atoms with Crippen LogP contribution < -0.4 is 5.73 Å². The van der Waals surface area contributed by atoms with Crippen LogP contribution in [-0.4, -0.2) is 36.0 Å². The van der Waals surface area contributed by atoms with E-state index >= 15 is 0 Å². The lowest BCUT2D eigenvalue weighted by atomic mass is 9.77. The molecule has 1 saturated heterocycles. The molecule has 0 atom stereocenters. The minimum absolute atomic E-state index is 0. The third kappa shape index (κ3) is 4.03. The van der Waals surface area contributed by atoms with Crippen molar-refractivity contribution in [1.82, 2.24) is 14.4 Å². The van der Waals surface area contributed by atoms with E-state index in [1.54, 1.807) is 16.4 Å². The molecule has 148 valence electrons. The molecule has 4 rings (SSSR count). The quantitative estimate of drug-likeness (QED) is 0.781. The maximum atomic E-state index is 12.5. The standard InChI is InChI=1S/C18H24N4O3S.ClH/c19-18(10-3-11-18)17-20-16(25-21-17)9-6-14-4-7-15(8-5-14)26(23,24)22-12-1-2-13-22;/h4-5,7-8H,1-3,6,9-13,19H2;1H. The average molecular weight is 413 g/mol. The van der Waals surface area contributed by atoms with Gasteiger partial charge in [-0.15, -0.1) is 12.4 Å². The molecule has 0 spiro atoms. The van der Waals surface area contributed by atoms with E-state index < -0.39 is 15.6 Å². The molecule has 27 heavy (non-hydrogen) atoms. The van der Waals surface area contributed by atoms with Crippen molar-refractivity contribution in [3.8, 4) is 0 Å². The van der Waals surface area contributed by atoms with Gasteiger partial charge in [-0.25, -0.2) is 8.42 Å². The SMILES string of the molecule is Cl.NC1(c2noc(CCc3ccc(S(=O)(=O)N4CCCC4)cc3)n2)CCC1. The van der Waals surface area contributed by atoms with Crippen molar-refractivity contribution in [2.24, 2.45) is 5.73 Å². The highest BCUT2D eigenvalue weighted by atomic mass is 35.5. The fraction of sp³-hybridized carbons (Fsp3) is 0.556. The van der Waals surface area contributed by atoms with E-state index in [4.69, 9.17) is 10.3 Å². The molecule has 7 nitrogen and oxygen atoms in total. The molecule has 2 aliphatic rings. The molecule has 0 amide bonds. The molecule has 0 bridgehead atoms. The highest BCUT2D eigenvalue weighted by molar-refractivity contribution is 7.89. The zero-order valence-electron chi connectivity index (χ0n) is 15.1. The topological polar surface area (TPSA) is 102 Å². The molecule has 2 N–H and O–H groups in total. The van der Waals surface area contributed by atoms with Crippen molar-refractivity contribution in [3.63, 3.8) is 0 Å². The van der Waals surface area contributed by atoms with Crippen molar-refractivity contribution < 1.29 is 12.9 Å². The predicted octanol–water partition coefficient (Wildman–Crippen LogP) is 2.40. The van der Waals surface area contributed by atoms with Crippen molar-refractivity contribution in [1.29, 1.82) is 0 Å². The lowest BCUT2D eigenvalue weighted by Gasteiger charge is -2.34. The Morgan fingerprint density at radius 3 is 2.33 bits per heavy atom. The largest absolute Gasteiger partial charge is 0.339 e. The molecule has 0 unspecified atom stereocenters. The Kier molecular flexibility index (Phi) is 5.90. The molecular weight excluding hydrogens is 388 g/mol. The van der Waals surface area contributed by atoms with Crippen molar-refractivity contribution >= 4 is 22.4 Å². The summed E-state index contributed by atoms with van der Waals surface area (Å²) < 4.78 is 31.9. The molecule has 1 aromatic heterocycles. The number of nitrogens with two attached hydrogens (primary N) is 1. The molecule has 1 aliphatic carbocycles. The van der Waals surface area contributed by atoms with Crippen LogP contribution in [0.1, 0.15) is 49.4 Å². The van der Waals surface area contributed by atoms with Gasteiger partial charge in [-0.2, -0.15) is 9.29 Å². The van der Waals surface area contributed by atoms with Gasteiger partial charge in [0.25, 0.3) is 0 Å². The number of aryl methyl sites for hydroxylation is 2. The minimum Gasteiger partial charge on any atom is -0.339 e. The van der Waals surface area contributed by atoms with Gasteiger partial charge >= 0.3 is 0 Å². The molecule has 1 saturated carbocycles. The van der Waals surface area contributed by atoms with Gasteiger partial charge in [0.2, 0.25) is 15.9 Å². The zero-order chi connectivity index (χ0) is 18.2. The van der Waals surface area contributed by atoms with Crippen LogP contribution in [0.25, 0.3) is 0 Å². The molecule has 9 heteroatoms. The first-order valence-electron chi connectivity index (χ1n) is 9.18. The number of halogens is 1. The predicted molar refractivity (Wildman–Crippen MR) is 103 cm³/mol. The molecule has 2 heterocycles. The molecule has 2 fully saturated rings. The van der Waals surface area contributed by atoms with E-state index in [9.17, 15) is 8.42 Å². The summed E-state index contributed by atoms with van der Waals surface area (Å²) >= 11 is 0. The Morgan fingerprint density at radius 2 is 1.74 bits per heavy atom. The van der Waals surface area contributed by atoms with Crippen LogP contribution in [0.2, 0.25) is 0 Å². The monoisotopic (exact) mass is 412 g/mol. The van der Waals surface area contributed by atoms with Gasteiger partial charge < -0.3 is 10.3 Å². The first-order chi connectivity index (χ1) is 12.5. The third-order valence-electron chi connectivity index (χ3n) is 5.41. The van der Waals surface area contributed by atoms with Crippen LogP contribution in [0, 0.1) is 0 Å². The molecule has 0 radical (unpaired) electrons. The van der Waals surface area contributed by atoms with E-state index in [1.165, 1.54) is 0 Å². The molecular formula is C18H25ClN4O3S. The van der Waals surface area contributed by atoms with Gasteiger partial charge in [-0.05, 0) is 56.2 Å². The first kappa shape index (κ1) is 20.3. The summed E-state index contributed by atoms with van der Waals surface area (Å²) in [5, 5.41) is 4.02. The van der Waals surface area contributed by atoms with Crippen molar-refractivity contribution in [2.45, 2.75) is 55.4 Å². The van der Waals surface area contributed by atoms with Gasteiger partial charge in [0.05, 0.1) is 10.4 Å². The maximum absolute atomic E-state index is 12.5. The van der Waals surface area contributed by atoms with Gasteiger partial charge in [0.15, 0.2) is 5.82 Å². The Morgan fingerprint density at radius 1 is 1.07 bits per heavy atom. The summed E-state index contributed by atoms with van der Waals surface area (Å²) in [7, 11) is -3.35. The zero-order valence-corrected chi connectivity index (χ0v) is 16.8. The average Bonchev–Trinajstić information content (AvgIpc) is 3.30. The summed E-state index contributed by atoms with van der Waals surface area (Å²) in [6, 6.07) is 7.09. The summed E-state index contributed by atoms with van der Waals surface area (Å²) in [5.74, 6) is 1.18. The highest BCUT2D eigenvalue weighted by Crippen LogP contribution is 2.36. The van der Waals surface area contributed by atoms with Gasteiger partial charge in [-0.1, -0.05) is 17.3 Å². The third-order valence-corrected chi connectivity index (χ3v) is 7.33. The number of nitrogens with zero attached hydrogens (tertiary/aromatic N) is 3. The summed E-state index contributed by atoms with van der Waals surface area (Å²) in [6.45, 7) is 1.23. The van der Waals surface area contributed by atoms with E-state index in [0.29, 0.717) is 42.5 Å². The van der Waals surface area contributed by atoms with E-state index in [2.05, 4.69) is 10.1 Å². The Hall–Kier alpha value is -1.48. The van der Waals surface area contributed by atoms with E-state index in [1.807, 2.05) is 12.1 Å². The number of aromatic nitrogens is 2. The van der Waals surface area contributed by atoms with Crippen LogP contribution in [0.3, 0.4) is 0 Å². The second kappa shape index (κ2) is 7.87. The summed E-state index contributed by atoms with van der Waals surface area (Å²) in [5.41, 5.74) is 6.84. The number of hydrogen-bond acceptors (Lipinski definition) is 6. The van der Waals surface area contributed by atoms with E-state index in [-0.39, 0.29) is 12.4 Å². The van der Waals surface area contributed by atoms with Crippen molar-refractivity contribution in [2.75, 3.05) is 13.1 Å². The Bertz CT molecular complexity index is 872. The second-order valence-electron chi connectivity index (χ2n) is 7.28. The number of rotatable bonds is 6. The number of benzene rings is 1. The Labute approximate surface area is 165 Å². The molecule has 1 aliphatic heterocycles. The van der Waals surface area contributed by atoms with Crippen molar-refractivity contribution in [3.05, 3.63) is 41.5 Å². The lowest BCUT2D eigenvalue weighted by molar-refractivity contribution is 0.229. The van der Waals surface area contributed by atoms with Crippen LogP contribution in [0.15, 0.2) is 33.7 Å². The van der Waals surface area contributed by atoms with Crippen LogP contribution in [0.4, 0.5) is 0 Å². The molecule has 1 aromatic carbocycles. The number of hydrogen-bond donors (Lipinski definition) is 1. The number of sulfonamides is 1. The van der Waals surface area contributed by atoms with Crippen LogP contribution >= 0.6 is 12.4 Å². The second-order valence-corrected chi connectivity index (χ2v) is 9.21. The molecule has 2 aromatic rings. The fourth-order valence-corrected chi connectivity index (χ4v) is 5.01. The van der Waals surface area contributed by atoms with Crippen LogP contribution in [-0.2, 0) is 28.4 Å². The maximum Gasteiger partial charge on any atom is 0.243 e. The van der Waals surface area contributed by atoms with Crippen LogP contribution in [0.5, 0.6) is 0 Å². The van der Waals surface area contributed by atoms with Gasteiger partial charge in [0.1, 0.15) is 0 Å². The normalized spacial score (nSPS) is 19.4. The summed E-state index contributed by atoms with van der Waals surface area (Å²) in [4.78, 5) is 4.78. The fourth-order valence-electron chi connectivity index (χ4n) is 3.50. The Balaban J connectivity index is 0.00000210.